The van der Waals surface area contributed by atoms with Crippen LogP contribution in [-0.2, 0) is 13.5 Å². The number of rotatable bonds is 4. The number of anilines is 3. The van der Waals surface area contributed by atoms with Crippen molar-refractivity contribution in [2.24, 2.45) is 7.05 Å². The molecule has 1 aliphatic heterocycles. The molecule has 0 saturated carbocycles. The van der Waals surface area contributed by atoms with Crippen LogP contribution in [0.15, 0.2) is 23.3 Å². The van der Waals surface area contributed by atoms with E-state index in [0.29, 0.717) is 11.5 Å². The van der Waals surface area contributed by atoms with Crippen LogP contribution in [0.1, 0.15) is 12.6 Å². The smallest absolute Gasteiger partial charge is 0.290 e. The molecule has 2 aromatic heterocycles. The number of nitrogens with zero attached hydrogens (tertiary/aromatic N) is 6. The van der Waals surface area contributed by atoms with Crippen molar-refractivity contribution < 1.29 is 0 Å². The van der Waals surface area contributed by atoms with Crippen LogP contribution in [-0.4, -0.2) is 57.9 Å². The zero-order valence-corrected chi connectivity index (χ0v) is 14.4. The van der Waals surface area contributed by atoms with Gasteiger partial charge in [0.05, 0.1) is 18.1 Å². The second-order valence-electron chi connectivity index (χ2n) is 6.01. The van der Waals surface area contributed by atoms with Gasteiger partial charge in [0, 0.05) is 33.2 Å². The first-order valence-corrected chi connectivity index (χ1v) is 8.16. The van der Waals surface area contributed by atoms with Crippen molar-refractivity contribution in [2.75, 3.05) is 43.4 Å². The number of hydrogen-bond acceptors (Lipinski definition) is 7. The molecule has 0 unspecified atom stereocenters. The maximum atomic E-state index is 12.2. The van der Waals surface area contributed by atoms with Gasteiger partial charge in [-0.25, -0.2) is 14.6 Å². The van der Waals surface area contributed by atoms with E-state index in [1.807, 2.05) is 6.92 Å². The largest absolute Gasteiger partial charge is 0.353 e. The van der Waals surface area contributed by atoms with Gasteiger partial charge < -0.3 is 15.1 Å². The minimum absolute atomic E-state index is 0.183. The molecule has 8 heteroatoms. The van der Waals surface area contributed by atoms with Gasteiger partial charge in [-0.05, 0) is 19.5 Å². The Kier molecular flexibility index (Phi) is 4.75. The average molecular weight is 329 g/mol. The van der Waals surface area contributed by atoms with Crippen LogP contribution in [0.4, 0.5) is 17.3 Å². The minimum Gasteiger partial charge on any atom is -0.353 e. The van der Waals surface area contributed by atoms with Crippen molar-refractivity contribution in [2.45, 2.75) is 13.3 Å². The number of nitrogens with one attached hydrogen (secondary N) is 1. The quantitative estimate of drug-likeness (QED) is 0.881. The molecule has 1 saturated heterocycles. The lowest BCUT2D eigenvalue weighted by Crippen LogP contribution is -2.44. The standard InChI is InChI=1S/C16H23N7O/c1-4-12-9-13(16(24)22(3)20-12)19-14-10-18-15(11-17-14)23-7-5-21(2)6-8-23/h9-11H,4-8H2,1-3H3,(H,17,19). The van der Waals surface area contributed by atoms with Crippen LogP contribution in [0.3, 0.4) is 0 Å². The van der Waals surface area contributed by atoms with Crippen LogP contribution in [0.25, 0.3) is 0 Å². The van der Waals surface area contributed by atoms with Crippen molar-refractivity contribution in [3.8, 4) is 0 Å². The van der Waals surface area contributed by atoms with Gasteiger partial charge in [-0.1, -0.05) is 6.92 Å². The summed E-state index contributed by atoms with van der Waals surface area (Å²) in [6.45, 7) is 5.94. The minimum atomic E-state index is -0.183. The molecule has 128 valence electrons. The maximum absolute atomic E-state index is 12.2. The van der Waals surface area contributed by atoms with Crippen LogP contribution >= 0.6 is 0 Å². The van der Waals surface area contributed by atoms with E-state index >= 15 is 0 Å². The van der Waals surface area contributed by atoms with Gasteiger partial charge in [-0.15, -0.1) is 0 Å². The van der Waals surface area contributed by atoms with Crippen LogP contribution < -0.4 is 15.8 Å². The Morgan fingerprint density at radius 3 is 2.50 bits per heavy atom. The molecule has 0 atom stereocenters. The van der Waals surface area contributed by atoms with E-state index in [4.69, 9.17) is 0 Å². The molecule has 3 rings (SSSR count). The van der Waals surface area contributed by atoms with Crippen molar-refractivity contribution in [1.82, 2.24) is 24.6 Å². The van der Waals surface area contributed by atoms with Crippen LogP contribution in [0, 0.1) is 0 Å². The molecular formula is C16H23N7O. The van der Waals surface area contributed by atoms with Gasteiger partial charge in [0.1, 0.15) is 17.3 Å². The Hall–Kier alpha value is -2.48. The molecular weight excluding hydrogens is 306 g/mol. The molecule has 1 N–H and O–H groups in total. The van der Waals surface area contributed by atoms with E-state index in [1.54, 1.807) is 25.5 Å². The van der Waals surface area contributed by atoms with E-state index in [9.17, 15) is 4.79 Å². The topological polar surface area (TPSA) is 79.2 Å². The SMILES string of the molecule is CCc1cc(Nc2cnc(N3CCN(C)CC3)cn2)c(=O)n(C)n1. The molecule has 0 spiro atoms. The zero-order chi connectivity index (χ0) is 17.1. The zero-order valence-electron chi connectivity index (χ0n) is 14.4. The third-order valence-corrected chi connectivity index (χ3v) is 4.20. The van der Waals surface area contributed by atoms with Gasteiger partial charge in [-0.2, -0.15) is 5.10 Å². The molecule has 0 aliphatic carbocycles. The normalized spacial score (nSPS) is 15.5. The summed E-state index contributed by atoms with van der Waals surface area (Å²) in [7, 11) is 3.77. The molecule has 0 aromatic carbocycles. The Morgan fingerprint density at radius 2 is 1.88 bits per heavy atom. The van der Waals surface area contributed by atoms with Gasteiger partial charge in [0.15, 0.2) is 0 Å². The fourth-order valence-corrected chi connectivity index (χ4v) is 2.65. The Bertz CT molecular complexity index is 748. The molecule has 1 fully saturated rings. The summed E-state index contributed by atoms with van der Waals surface area (Å²) in [5, 5.41) is 7.24. The highest BCUT2D eigenvalue weighted by molar-refractivity contribution is 5.55. The predicted octanol–water partition coefficient (Wildman–Crippen LogP) is 0.628. The summed E-state index contributed by atoms with van der Waals surface area (Å²) in [5.41, 5.74) is 1.13. The van der Waals surface area contributed by atoms with Crippen molar-refractivity contribution >= 4 is 17.3 Å². The fraction of sp³-hybridized carbons (Fsp3) is 0.500. The maximum Gasteiger partial charge on any atom is 0.290 e. The van der Waals surface area contributed by atoms with Crippen molar-refractivity contribution in [1.29, 1.82) is 0 Å². The fourth-order valence-electron chi connectivity index (χ4n) is 2.65. The lowest BCUT2D eigenvalue weighted by atomic mass is 10.3. The molecule has 2 aromatic rings. The summed E-state index contributed by atoms with van der Waals surface area (Å²) in [6, 6.07) is 1.76. The number of hydrogen-bond donors (Lipinski definition) is 1. The van der Waals surface area contributed by atoms with E-state index in [1.165, 1.54) is 4.68 Å². The Morgan fingerprint density at radius 1 is 1.12 bits per heavy atom. The van der Waals surface area contributed by atoms with Crippen molar-refractivity contribution in [3.05, 3.63) is 34.5 Å². The second kappa shape index (κ2) is 6.96. The summed E-state index contributed by atoms with van der Waals surface area (Å²) < 4.78 is 1.34. The molecule has 8 nitrogen and oxygen atoms in total. The Balaban J connectivity index is 1.75. The molecule has 0 bridgehead atoms. The van der Waals surface area contributed by atoms with E-state index in [-0.39, 0.29) is 5.56 Å². The van der Waals surface area contributed by atoms with Crippen molar-refractivity contribution in [3.63, 3.8) is 0 Å². The first kappa shape index (κ1) is 16.4. The highest BCUT2D eigenvalue weighted by atomic mass is 16.1. The first-order valence-electron chi connectivity index (χ1n) is 8.16. The predicted molar refractivity (Wildman–Crippen MR) is 93.9 cm³/mol. The Labute approximate surface area is 141 Å². The van der Waals surface area contributed by atoms with Gasteiger partial charge >= 0.3 is 0 Å². The number of piperazine rings is 1. The molecule has 1 aliphatic rings. The highest BCUT2D eigenvalue weighted by Crippen LogP contribution is 2.15. The average Bonchev–Trinajstić information content (AvgIpc) is 2.60. The monoisotopic (exact) mass is 329 g/mol. The second-order valence-corrected chi connectivity index (χ2v) is 6.01. The molecule has 3 heterocycles. The van der Waals surface area contributed by atoms with E-state index in [0.717, 1.165) is 44.1 Å². The van der Waals surface area contributed by atoms with E-state index < -0.39 is 0 Å². The lowest BCUT2D eigenvalue weighted by Gasteiger charge is -2.32. The molecule has 0 amide bonds. The third-order valence-electron chi connectivity index (χ3n) is 4.20. The number of aromatic nitrogens is 4. The van der Waals surface area contributed by atoms with E-state index in [2.05, 4.69) is 37.2 Å². The number of likely N-dealkylation sites (N-methyl/N-ethyl adjacent to an activating group) is 1. The van der Waals surface area contributed by atoms with Gasteiger partial charge in [-0.3, -0.25) is 4.79 Å². The lowest BCUT2D eigenvalue weighted by molar-refractivity contribution is 0.312. The van der Waals surface area contributed by atoms with Gasteiger partial charge in [0.2, 0.25) is 0 Å². The highest BCUT2D eigenvalue weighted by Gasteiger charge is 2.15. The molecule has 24 heavy (non-hydrogen) atoms. The first-order chi connectivity index (χ1) is 11.6. The van der Waals surface area contributed by atoms with Gasteiger partial charge in [0.25, 0.3) is 5.56 Å². The van der Waals surface area contributed by atoms with Crippen LogP contribution in [0.5, 0.6) is 0 Å². The molecule has 0 radical (unpaired) electrons. The number of aryl methyl sites for hydroxylation is 2. The summed E-state index contributed by atoms with van der Waals surface area (Å²) in [5.74, 6) is 1.42. The third kappa shape index (κ3) is 3.53. The summed E-state index contributed by atoms with van der Waals surface area (Å²) >= 11 is 0. The summed E-state index contributed by atoms with van der Waals surface area (Å²) in [4.78, 5) is 25.6. The van der Waals surface area contributed by atoms with Crippen LogP contribution in [0.2, 0.25) is 0 Å². The summed E-state index contributed by atoms with van der Waals surface area (Å²) in [6.07, 6.45) is 4.18.